The van der Waals surface area contributed by atoms with E-state index in [2.05, 4.69) is 36.2 Å². The molecule has 29 heteroatoms. The number of aliphatic hydroxyl groups excluding tert-OH is 1. The van der Waals surface area contributed by atoms with Gasteiger partial charge >= 0.3 is 5.97 Å². The summed E-state index contributed by atoms with van der Waals surface area (Å²) in [5.74, 6) is -7.14. The second-order valence-electron chi connectivity index (χ2n) is 22.0. The number of amides is 8. The van der Waals surface area contributed by atoms with Gasteiger partial charge in [0.1, 0.15) is 42.3 Å². The number of hydrogen-bond acceptors (Lipinski definition) is 14. The van der Waals surface area contributed by atoms with E-state index in [9.17, 15) is 43.8 Å². The summed E-state index contributed by atoms with van der Waals surface area (Å²) in [7, 11) is 0. The van der Waals surface area contributed by atoms with E-state index in [0.29, 0.717) is 29.5 Å². The molecule has 0 spiro atoms. The number of aliphatic hydroxyl groups is 1. The lowest BCUT2D eigenvalue weighted by Gasteiger charge is -2.44. The molecule has 9 atom stereocenters. The van der Waals surface area contributed by atoms with E-state index >= 15 is 9.59 Å². The lowest BCUT2D eigenvalue weighted by atomic mass is 9.95. The van der Waals surface area contributed by atoms with Gasteiger partial charge in [-0.1, -0.05) is 91.0 Å². The van der Waals surface area contributed by atoms with E-state index in [1.54, 1.807) is 91.0 Å². The number of benzene rings is 3. The number of rotatable bonds is 31. The minimum Gasteiger partial charge on any atom is -0.480 e. The third-order valence-electron chi connectivity index (χ3n) is 15.5. The fourth-order valence-electron chi connectivity index (χ4n) is 11.1. The number of aliphatic carboxylic acids is 1. The van der Waals surface area contributed by atoms with Crippen molar-refractivity contribution in [3.8, 4) is 0 Å². The lowest BCUT2D eigenvalue weighted by molar-refractivity contribution is -0.157. The van der Waals surface area contributed by atoms with Crippen LogP contribution in [0, 0.1) is 0 Å². The highest BCUT2D eigenvalue weighted by Crippen LogP contribution is 2.28. The van der Waals surface area contributed by atoms with Crippen LogP contribution in [0.2, 0.25) is 0 Å². The van der Waals surface area contributed by atoms with Gasteiger partial charge in [-0.05, 0) is 68.1 Å². The summed E-state index contributed by atoms with van der Waals surface area (Å²) in [4.78, 5) is 145. The van der Waals surface area contributed by atoms with Gasteiger partial charge in [-0.25, -0.2) is 4.79 Å². The molecular weight excluding hydrogens is 1140 g/mol. The normalized spacial score (nSPS) is 19.0. The van der Waals surface area contributed by atoms with Crippen LogP contribution >= 0.6 is 0 Å². The average molecular weight is 1220 g/mol. The average Bonchev–Trinajstić information content (AvgIpc) is 4.24. The Morgan fingerprint density at radius 1 is 0.591 bits per heavy atom. The highest BCUT2D eigenvalue weighted by molar-refractivity contribution is 5.98. The van der Waals surface area contributed by atoms with Crippen molar-refractivity contribution in [2.45, 2.75) is 131 Å². The third-order valence-corrected chi connectivity index (χ3v) is 15.5. The molecule has 6 rings (SSSR count). The molecule has 3 heterocycles. The number of nitrogens with one attached hydrogen (secondary N) is 4. The molecule has 29 nitrogen and oxygen atoms in total. The molecule has 0 saturated carbocycles. The first-order valence-corrected chi connectivity index (χ1v) is 29.5. The van der Waals surface area contributed by atoms with Gasteiger partial charge in [-0.3, -0.25) is 53.3 Å². The molecule has 88 heavy (non-hydrogen) atoms. The zero-order valence-electron chi connectivity index (χ0n) is 49.2. The molecular formula is C59H84N18O11. The molecule has 3 saturated heterocycles. The Kier molecular flexibility index (Phi) is 25.8. The van der Waals surface area contributed by atoms with E-state index in [-0.39, 0.29) is 128 Å². The predicted molar refractivity (Wildman–Crippen MR) is 326 cm³/mol. The topological polar surface area (TPSA) is 474 Å². The van der Waals surface area contributed by atoms with Crippen LogP contribution in [0.15, 0.2) is 106 Å². The van der Waals surface area contributed by atoms with Gasteiger partial charge in [-0.2, -0.15) is 0 Å². The molecule has 3 aromatic carbocycles. The van der Waals surface area contributed by atoms with Gasteiger partial charge < -0.3 is 91.2 Å². The molecule has 476 valence electrons. The zero-order valence-corrected chi connectivity index (χ0v) is 49.2. The van der Waals surface area contributed by atoms with E-state index in [4.69, 9.17) is 40.1 Å². The summed E-state index contributed by atoms with van der Waals surface area (Å²) in [6.07, 6.45) is 0.331. The number of hydrogen-bond donors (Lipinski definition) is 13. The van der Waals surface area contributed by atoms with Crippen molar-refractivity contribution in [1.82, 2.24) is 40.9 Å². The molecule has 0 unspecified atom stereocenters. The van der Waals surface area contributed by atoms with E-state index in [0.717, 1.165) is 0 Å². The van der Waals surface area contributed by atoms with Gasteiger partial charge in [-0.15, -0.1) is 0 Å². The number of β-amino-alcohol motifs (C(OH)–C–C–N with tert-alkyl or cyclic N) is 1. The highest BCUT2D eigenvalue weighted by atomic mass is 16.4. The second-order valence-corrected chi connectivity index (χ2v) is 22.0. The van der Waals surface area contributed by atoms with Crippen LogP contribution in [0.1, 0.15) is 74.5 Å². The predicted octanol–water partition coefficient (Wildman–Crippen LogP) is -3.78. The van der Waals surface area contributed by atoms with Crippen LogP contribution in [-0.4, -0.2) is 208 Å². The quantitative estimate of drug-likeness (QED) is 0.0167. The Hall–Kier alpha value is -9.38. The summed E-state index contributed by atoms with van der Waals surface area (Å²) < 4.78 is 0. The number of carboxylic acids is 1. The van der Waals surface area contributed by atoms with Crippen LogP contribution < -0.4 is 61.4 Å². The van der Waals surface area contributed by atoms with E-state index < -0.39 is 114 Å². The summed E-state index contributed by atoms with van der Waals surface area (Å²) in [6.45, 7) is -0.588. The summed E-state index contributed by atoms with van der Waals surface area (Å²) in [5.41, 5.74) is 40.9. The number of guanidine groups is 3. The maximum atomic E-state index is 15.2. The van der Waals surface area contributed by atoms with Gasteiger partial charge in [0.05, 0.1) is 18.7 Å². The maximum absolute atomic E-state index is 15.2. The Morgan fingerprint density at radius 3 is 1.68 bits per heavy atom. The largest absolute Gasteiger partial charge is 0.480 e. The fraction of sp³-hybridized carbons (Fsp3) is 0.492. The smallest absolute Gasteiger partial charge is 0.326 e. The van der Waals surface area contributed by atoms with E-state index in [1.807, 2.05) is 0 Å². The number of nitrogens with two attached hydrogens (primary N) is 7. The number of likely N-dealkylation sites (tertiary alicyclic amines) is 2. The Bertz CT molecular complexity index is 2960. The van der Waals surface area contributed by atoms with E-state index in [1.165, 1.54) is 19.6 Å². The molecule has 3 aromatic rings. The SMILES string of the molecule is NC(N)=NCCC[C@@H](N)C(=O)N[C@@H](CCCN=C(N)N)C(=O)N1CCC[C@H]1C(=O)N1C[C@H](O)C[C@H]1C(=O)NCC(=O)N[C@@H](Cc1ccccc1)C(=O)N1CCN([C@@H](Cc2ccccc2)C(=O)N[C@@H](CCCN=C(N)N)C(=O)O)C(=O)[C@@H]1Cc1ccccc1. The van der Waals surface area contributed by atoms with Crippen molar-refractivity contribution in [3.05, 3.63) is 108 Å². The molecule has 8 amide bonds. The van der Waals surface area contributed by atoms with Gasteiger partial charge in [0, 0.05) is 71.5 Å². The zero-order chi connectivity index (χ0) is 63.9. The van der Waals surface area contributed by atoms with Crippen molar-refractivity contribution in [1.29, 1.82) is 0 Å². The minimum atomic E-state index is -1.36. The number of carbonyl (C=O) groups excluding carboxylic acids is 8. The number of carboxylic acid groups (broad SMARTS) is 1. The molecule has 0 aromatic heterocycles. The monoisotopic (exact) mass is 1220 g/mol. The molecule has 20 N–H and O–H groups in total. The minimum absolute atomic E-state index is 0.000222. The number of piperazine rings is 1. The summed E-state index contributed by atoms with van der Waals surface area (Å²) in [6, 6.07) is 17.0. The van der Waals surface area contributed by atoms with Crippen molar-refractivity contribution in [2.75, 3.05) is 52.4 Å². The molecule has 0 aliphatic carbocycles. The number of carbonyl (C=O) groups is 9. The number of nitrogens with zero attached hydrogens (tertiary/aromatic N) is 7. The van der Waals surface area contributed by atoms with Crippen molar-refractivity contribution >= 4 is 71.1 Å². The summed E-state index contributed by atoms with van der Waals surface area (Å²) >= 11 is 0. The first-order valence-electron chi connectivity index (χ1n) is 29.5. The van der Waals surface area contributed by atoms with Crippen molar-refractivity contribution < 1.29 is 53.4 Å². The van der Waals surface area contributed by atoms with Crippen molar-refractivity contribution in [3.63, 3.8) is 0 Å². The molecule has 3 fully saturated rings. The Morgan fingerprint density at radius 2 is 1.11 bits per heavy atom. The van der Waals surface area contributed by atoms with Crippen LogP contribution in [0.25, 0.3) is 0 Å². The maximum Gasteiger partial charge on any atom is 0.326 e. The van der Waals surface area contributed by atoms with Crippen LogP contribution in [0.3, 0.4) is 0 Å². The first kappa shape index (κ1) is 67.7. The van der Waals surface area contributed by atoms with Gasteiger partial charge in [0.25, 0.3) is 0 Å². The Balaban J connectivity index is 1.18. The van der Waals surface area contributed by atoms with Crippen molar-refractivity contribution in [2.24, 2.45) is 55.1 Å². The Labute approximate surface area is 510 Å². The molecule has 0 radical (unpaired) electrons. The van der Waals surface area contributed by atoms with Crippen LogP contribution in [0.5, 0.6) is 0 Å². The molecule has 0 bridgehead atoms. The summed E-state index contributed by atoms with van der Waals surface area (Å²) in [5, 5.41) is 31.8. The molecule has 3 aliphatic rings. The van der Waals surface area contributed by atoms with Crippen LogP contribution in [0.4, 0.5) is 0 Å². The van der Waals surface area contributed by atoms with Gasteiger partial charge in [0.15, 0.2) is 17.9 Å². The lowest BCUT2D eigenvalue weighted by Crippen LogP contribution is -2.66. The van der Waals surface area contributed by atoms with Gasteiger partial charge in [0.2, 0.25) is 47.3 Å². The highest BCUT2D eigenvalue weighted by Gasteiger charge is 2.47. The standard InChI is InChI=1S/C59H84N18O11/c60-40(20-10-24-67-57(61)62)49(80)72-41(21-11-25-68-58(63)64)52(83)74-27-13-23-44(74)54(85)77-35-39(78)33-46(77)50(81)70-34-48(79)71-43(30-36-14-4-1-5-15-36)53(84)76-29-28-75(55(86)47(76)32-38-18-8-3-9-19-38)45(31-37-16-6-2-7-17-37)51(82)73-42(56(87)88)22-12-26-69-59(65)66/h1-9,14-19,39-47,78H,10-13,20-35,60H2,(H,70,81)(H,71,79)(H,72,80)(H,73,82)(H,87,88)(H4,61,62,67)(H4,63,64,68)(H4,65,66,69)/t39-,40-,41+,42+,43+,44+,45+,46+,47+/m1/s1. The number of aliphatic imine (C=N–C) groups is 3. The first-order chi connectivity index (χ1) is 42.1. The fourth-order valence-corrected chi connectivity index (χ4v) is 11.1. The second kappa shape index (κ2) is 33.5. The third kappa shape index (κ3) is 20.1. The molecule has 3 aliphatic heterocycles. The van der Waals surface area contributed by atoms with Crippen LogP contribution in [-0.2, 0) is 62.4 Å².